The van der Waals surface area contributed by atoms with Gasteiger partial charge in [0.15, 0.2) is 0 Å². The standard InChI is InChI=1S/C14H15N3O/c1-17-14(18)11-4-2-3-10-8-5-9(7-15-6-8)13(16-17)12(10)11/h2-4,8-9,15H,5-7H2,1H3. The Morgan fingerprint density at radius 3 is 3.06 bits per heavy atom. The molecule has 0 spiro atoms. The van der Waals surface area contributed by atoms with E-state index in [-0.39, 0.29) is 5.56 Å². The van der Waals surface area contributed by atoms with E-state index >= 15 is 0 Å². The Bertz CT molecular complexity index is 704. The van der Waals surface area contributed by atoms with Crippen molar-refractivity contribution in [3.05, 3.63) is 39.8 Å². The van der Waals surface area contributed by atoms with Crippen LogP contribution in [0, 0.1) is 0 Å². The predicted molar refractivity (Wildman–Crippen MR) is 70.0 cm³/mol. The minimum Gasteiger partial charge on any atom is -0.315 e. The third-order valence-corrected chi connectivity index (χ3v) is 4.31. The summed E-state index contributed by atoms with van der Waals surface area (Å²) < 4.78 is 1.48. The summed E-state index contributed by atoms with van der Waals surface area (Å²) in [6.45, 7) is 2.00. The monoisotopic (exact) mass is 241 g/mol. The summed E-state index contributed by atoms with van der Waals surface area (Å²) in [7, 11) is 1.74. The van der Waals surface area contributed by atoms with Gasteiger partial charge in [0.2, 0.25) is 0 Å². The van der Waals surface area contributed by atoms with Crippen molar-refractivity contribution in [3.8, 4) is 0 Å². The smallest absolute Gasteiger partial charge is 0.274 e. The first-order valence-corrected chi connectivity index (χ1v) is 6.46. The lowest BCUT2D eigenvalue weighted by Crippen LogP contribution is -2.38. The summed E-state index contributed by atoms with van der Waals surface area (Å²) >= 11 is 0. The van der Waals surface area contributed by atoms with E-state index < -0.39 is 0 Å². The van der Waals surface area contributed by atoms with E-state index in [4.69, 9.17) is 0 Å². The fourth-order valence-electron chi connectivity index (χ4n) is 3.48. The van der Waals surface area contributed by atoms with Gasteiger partial charge in [-0.3, -0.25) is 4.79 Å². The van der Waals surface area contributed by atoms with Gasteiger partial charge in [-0.25, -0.2) is 4.68 Å². The number of fused-ring (bicyclic) bond motifs is 4. The van der Waals surface area contributed by atoms with Crippen molar-refractivity contribution in [3.63, 3.8) is 0 Å². The second-order valence-electron chi connectivity index (χ2n) is 5.37. The third kappa shape index (κ3) is 1.18. The lowest BCUT2D eigenvalue weighted by atomic mass is 9.76. The van der Waals surface area contributed by atoms with Gasteiger partial charge in [-0.1, -0.05) is 12.1 Å². The molecular weight excluding hydrogens is 226 g/mol. The summed E-state index contributed by atoms with van der Waals surface area (Å²) in [4.78, 5) is 12.2. The fourth-order valence-corrected chi connectivity index (χ4v) is 3.48. The van der Waals surface area contributed by atoms with Crippen LogP contribution in [0.25, 0.3) is 10.8 Å². The van der Waals surface area contributed by atoms with Crippen molar-refractivity contribution in [1.29, 1.82) is 0 Å². The minimum atomic E-state index is 0.0172. The minimum absolute atomic E-state index is 0.0172. The predicted octanol–water partition coefficient (Wildman–Crippen LogP) is 1.11. The number of benzene rings is 1. The van der Waals surface area contributed by atoms with Gasteiger partial charge in [-0.2, -0.15) is 5.10 Å². The molecule has 4 heteroatoms. The fraction of sp³-hybridized carbons (Fsp3) is 0.429. The van der Waals surface area contributed by atoms with Gasteiger partial charge >= 0.3 is 0 Å². The van der Waals surface area contributed by atoms with Crippen LogP contribution in [0.2, 0.25) is 0 Å². The van der Waals surface area contributed by atoms with E-state index in [1.54, 1.807) is 7.05 Å². The Balaban J connectivity index is 2.19. The highest BCUT2D eigenvalue weighted by atomic mass is 16.1. The molecule has 0 radical (unpaired) electrons. The van der Waals surface area contributed by atoms with Gasteiger partial charge in [-0.15, -0.1) is 0 Å². The normalized spacial score (nSPS) is 25.4. The van der Waals surface area contributed by atoms with Crippen molar-refractivity contribution in [2.24, 2.45) is 7.05 Å². The molecule has 2 heterocycles. The van der Waals surface area contributed by atoms with Crippen molar-refractivity contribution in [2.75, 3.05) is 13.1 Å². The lowest BCUT2D eigenvalue weighted by Gasteiger charge is -2.36. The summed E-state index contributed by atoms with van der Waals surface area (Å²) in [6.07, 6.45) is 1.16. The molecule has 1 aliphatic carbocycles. The molecule has 4 nitrogen and oxygen atoms in total. The largest absolute Gasteiger partial charge is 0.315 e. The molecular formula is C14H15N3O. The van der Waals surface area contributed by atoms with Crippen LogP contribution >= 0.6 is 0 Å². The molecule has 0 amide bonds. The Morgan fingerprint density at radius 1 is 1.33 bits per heavy atom. The molecule has 1 fully saturated rings. The zero-order valence-corrected chi connectivity index (χ0v) is 10.3. The van der Waals surface area contributed by atoms with Crippen LogP contribution in [0.15, 0.2) is 23.0 Å². The Kier molecular flexibility index (Phi) is 1.95. The number of aryl methyl sites for hydroxylation is 1. The highest BCUT2D eigenvalue weighted by Crippen LogP contribution is 2.42. The van der Waals surface area contributed by atoms with Crippen molar-refractivity contribution >= 4 is 10.8 Å². The van der Waals surface area contributed by atoms with E-state index in [0.29, 0.717) is 11.8 Å². The SMILES string of the molecule is Cn1nc2c3c(cccc3c1=O)C1CNCC2C1. The van der Waals surface area contributed by atoms with Gasteiger partial charge in [0.1, 0.15) is 0 Å². The van der Waals surface area contributed by atoms with Crippen LogP contribution in [-0.2, 0) is 7.05 Å². The maximum Gasteiger partial charge on any atom is 0.274 e. The maximum atomic E-state index is 12.2. The highest BCUT2D eigenvalue weighted by Gasteiger charge is 2.33. The first-order valence-electron chi connectivity index (χ1n) is 6.46. The third-order valence-electron chi connectivity index (χ3n) is 4.31. The van der Waals surface area contributed by atoms with Gasteiger partial charge in [0.25, 0.3) is 5.56 Å². The molecule has 18 heavy (non-hydrogen) atoms. The van der Waals surface area contributed by atoms with E-state index in [9.17, 15) is 4.79 Å². The molecule has 1 N–H and O–H groups in total. The molecule has 2 bridgehead atoms. The van der Waals surface area contributed by atoms with Crippen LogP contribution in [-0.4, -0.2) is 22.9 Å². The first kappa shape index (κ1) is 10.3. The molecule has 2 aliphatic rings. The van der Waals surface area contributed by atoms with E-state index in [1.165, 1.54) is 10.2 Å². The number of nitrogens with one attached hydrogen (secondary N) is 1. The Hall–Kier alpha value is -1.68. The second kappa shape index (κ2) is 3.42. The van der Waals surface area contributed by atoms with E-state index in [2.05, 4.69) is 16.5 Å². The summed E-state index contributed by atoms with van der Waals surface area (Å²) in [6, 6.07) is 6.08. The molecule has 0 saturated carbocycles. The van der Waals surface area contributed by atoms with Gasteiger partial charge in [-0.05, 0) is 24.0 Å². The van der Waals surface area contributed by atoms with Gasteiger partial charge < -0.3 is 5.32 Å². The van der Waals surface area contributed by atoms with Gasteiger partial charge in [0, 0.05) is 31.4 Å². The molecule has 1 aromatic heterocycles. The molecule has 2 aromatic rings. The van der Waals surface area contributed by atoms with Crippen LogP contribution in [0.1, 0.15) is 29.5 Å². The number of aromatic nitrogens is 2. The van der Waals surface area contributed by atoms with Gasteiger partial charge in [0.05, 0.1) is 11.1 Å². The number of hydrogen-bond acceptors (Lipinski definition) is 3. The first-order chi connectivity index (χ1) is 8.75. The number of hydrogen-bond donors (Lipinski definition) is 1. The lowest BCUT2D eigenvalue weighted by molar-refractivity contribution is 0.395. The Labute approximate surface area is 105 Å². The zero-order chi connectivity index (χ0) is 12.3. The van der Waals surface area contributed by atoms with Crippen LogP contribution in [0.5, 0.6) is 0 Å². The maximum absolute atomic E-state index is 12.2. The molecule has 1 aromatic carbocycles. The van der Waals surface area contributed by atoms with Crippen LogP contribution in [0.4, 0.5) is 0 Å². The average molecular weight is 241 g/mol. The van der Waals surface area contributed by atoms with Crippen molar-refractivity contribution in [1.82, 2.24) is 15.1 Å². The summed E-state index contributed by atoms with van der Waals surface area (Å²) in [5.41, 5.74) is 2.42. The average Bonchev–Trinajstić information content (AvgIpc) is 2.41. The molecule has 2 unspecified atom stereocenters. The Morgan fingerprint density at radius 2 is 2.17 bits per heavy atom. The zero-order valence-electron chi connectivity index (χ0n) is 10.3. The van der Waals surface area contributed by atoms with Crippen molar-refractivity contribution < 1.29 is 0 Å². The molecule has 1 saturated heterocycles. The van der Waals surface area contributed by atoms with Crippen molar-refractivity contribution in [2.45, 2.75) is 18.3 Å². The summed E-state index contributed by atoms with van der Waals surface area (Å²) in [5, 5.41) is 9.95. The van der Waals surface area contributed by atoms with Crippen LogP contribution < -0.4 is 10.9 Å². The van der Waals surface area contributed by atoms with E-state index in [1.807, 2.05) is 12.1 Å². The van der Waals surface area contributed by atoms with E-state index in [0.717, 1.165) is 36.0 Å². The number of rotatable bonds is 0. The molecule has 2 atom stereocenters. The quantitative estimate of drug-likeness (QED) is 0.751. The molecule has 1 aliphatic heterocycles. The van der Waals surface area contributed by atoms with Crippen LogP contribution in [0.3, 0.4) is 0 Å². The number of nitrogens with zero attached hydrogens (tertiary/aromatic N) is 2. The molecule has 92 valence electrons. The number of piperidine rings is 1. The summed E-state index contributed by atoms with van der Waals surface area (Å²) in [5.74, 6) is 0.988. The molecule has 4 rings (SSSR count). The topological polar surface area (TPSA) is 46.9 Å². The highest BCUT2D eigenvalue weighted by molar-refractivity contribution is 5.89. The second-order valence-corrected chi connectivity index (χ2v) is 5.37.